The number of nitro groups is 1. The zero-order valence-corrected chi connectivity index (χ0v) is 18.0. The minimum Gasteiger partial charge on any atom is -0.350 e. The lowest BCUT2D eigenvalue weighted by Gasteiger charge is -2.32. The van der Waals surface area contributed by atoms with E-state index in [2.05, 4.69) is 38.0 Å². The molecule has 31 heavy (non-hydrogen) atoms. The zero-order valence-electron chi connectivity index (χ0n) is 17.2. The van der Waals surface area contributed by atoms with Gasteiger partial charge in [-0.1, -0.05) is 17.3 Å². The van der Waals surface area contributed by atoms with Gasteiger partial charge in [-0.2, -0.15) is 0 Å². The fraction of sp³-hybridized carbons (Fsp3) is 0.381. The number of nitro benzene ring substituents is 1. The average Bonchev–Trinajstić information content (AvgIpc) is 3.42. The van der Waals surface area contributed by atoms with E-state index < -0.39 is 4.92 Å². The summed E-state index contributed by atoms with van der Waals surface area (Å²) in [5.74, 6) is 0.120. The van der Waals surface area contributed by atoms with E-state index in [9.17, 15) is 14.9 Å². The highest BCUT2D eigenvalue weighted by atomic mass is 32.1. The van der Waals surface area contributed by atoms with Crippen LogP contribution in [0, 0.1) is 23.0 Å². The molecule has 1 unspecified atom stereocenters. The number of piperidine rings is 1. The lowest BCUT2D eigenvalue weighted by Crippen LogP contribution is -2.40. The van der Waals surface area contributed by atoms with Gasteiger partial charge < -0.3 is 5.32 Å². The van der Waals surface area contributed by atoms with Crippen LogP contribution in [-0.4, -0.2) is 50.4 Å². The van der Waals surface area contributed by atoms with Gasteiger partial charge in [-0.3, -0.25) is 19.8 Å². The molecular weight excluding hydrogens is 416 g/mol. The van der Waals surface area contributed by atoms with Crippen molar-refractivity contribution in [2.45, 2.75) is 26.3 Å². The van der Waals surface area contributed by atoms with Gasteiger partial charge in [0.25, 0.3) is 11.6 Å². The highest BCUT2D eigenvalue weighted by molar-refractivity contribution is 7.09. The number of non-ortho nitro benzene ring substituents is 1. The Labute approximate surface area is 183 Å². The zero-order chi connectivity index (χ0) is 21.8. The molecule has 1 fully saturated rings. The molecule has 10 heteroatoms. The maximum Gasteiger partial charge on any atom is 0.273 e. The quantitative estimate of drug-likeness (QED) is 0.447. The van der Waals surface area contributed by atoms with Gasteiger partial charge in [0, 0.05) is 36.6 Å². The van der Waals surface area contributed by atoms with E-state index in [0.29, 0.717) is 23.8 Å². The Bertz CT molecular complexity index is 1070. The Morgan fingerprint density at radius 1 is 1.35 bits per heavy atom. The minimum absolute atomic E-state index is 0.0391. The molecular formula is C21H24N6O3S. The molecule has 0 bridgehead atoms. The van der Waals surface area contributed by atoms with Crippen LogP contribution in [0.1, 0.15) is 33.9 Å². The van der Waals surface area contributed by atoms with Crippen LogP contribution < -0.4 is 5.32 Å². The third-order valence-electron chi connectivity index (χ3n) is 5.51. The number of hydrogen-bond donors (Lipinski definition) is 1. The lowest BCUT2D eigenvalue weighted by molar-refractivity contribution is -0.384. The summed E-state index contributed by atoms with van der Waals surface area (Å²) < 4.78 is 1.45. The van der Waals surface area contributed by atoms with Gasteiger partial charge in [0.2, 0.25) is 0 Å². The molecule has 1 aromatic carbocycles. The van der Waals surface area contributed by atoms with Gasteiger partial charge in [-0.25, -0.2) is 4.68 Å². The van der Waals surface area contributed by atoms with Crippen molar-refractivity contribution in [3.05, 3.63) is 68.2 Å². The Kier molecular flexibility index (Phi) is 6.38. The Hall–Kier alpha value is -3.11. The van der Waals surface area contributed by atoms with Crippen molar-refractivity contribution >= 4 is 22.9 Å². The van der Waals surface area contributed by atoms with E-state index in [1.807, 2.05) is 0 Å². The number of amides is 1. The Balaban J connectivity index is 1.37. The molecule has 0 radical (unpaired) electrons. The first-order valence-corrected chi connectivity index (χ1v) is 11.1. The summed E-state index contributed by atoms with van der Waals surface area (Å²) in [5, 5.41) is 24.2. The number of nitrogens with one attached hydrogen (secondary N) is 1. The molecule has 3 aromatic rings. The molecule has 3 heterocycles. The number of benzene rings is 1. The third kappa shape index (κ3) is 4.97. The van der Waals surface area contributed by atoms with E-state index in [4.69, 9.17) is 0 Å². The number of nitrogens with zero attached hydrogens (tertiary/aromatic N) is 5. The van der Waals surface area contributed by atoms with Gasteiger partial charge in [0.15, 0.2) is 5.69 Å². The van der Waals surface area contributed by atoms with Crippen LogP contribution >= 0.6 is 11.3 Å². The molecule has 0 aliphatic carbocycles. The van der Waals surface area contributed by atoms with Gasteiger partial charge in [-0.15, -0.1) is 16.4 Å². The molecule has 2 aromatic heterocycles. The second-order valence-corrected chi connectivity index (χ2v) is 8.78. The van der Waals surface area contributed by atoms with Crippen molar-refractivity contribution < 1.29 is 9.72 Å². The molecule has 0 saturated carbocycles. The van der Waals surface area contributed by atoms with Crippen LogP contribution in [0.2, 0.25) is 0 Å². The molecule has 1 aliphatic heterocycles. The van der Waals surface area contributed by atoms with Crippen molar-refractivity contribution in [2.24, 2.45) is 5.92 Å². The number of aromatic nitrogens is 3. The number of likely N-dealkylation sites (tertiary alicyclic amines) is 1. The third-order valence-corrected chi connectivity index (χ3v) is 6.37. The maximum absolute atomic E-state index is 12.7. The summed E-state index contributed by atoms with van der Waals surface area (Å²) in [7, 11) is 0. The number of hydrogen-bond acceptors (Lipinski definition) is 7. The summed E-state index contributed by atoms with van der Waals surface area (Å²) in [4.78, 5) is 27.1. The molecule has 9 nitrogen and oxygen atoms in total. The van der Waals surface area contributed by atoms with Crippen molar-refractivity contribution in [1.29, 1.82) is 0 Å². The second-order valence-electron chi connectivity index (χ2n) is 7.74. The van der Waals surface area contributed by atoms with Crippen LogP contribution in [-0.2, 0) is 6.54 Å². The summed E-state index contributed by atoms with van der Waals surface area (Å²) in [6.07, 6.45) is 2.20. The standard InChI is InChI=1S/C21H24N6O3S/c1-15-20(23-24-26(15)17-6-2-7-18(11-17)27(29)30)21(28)22-12-16-5-3-9-25(13-16)14-19-8-4-10-31-19/h2,4,6-8,10-11,16H,3,5,9,12-14H2,1H3,(H,22,28). The van der Waals surface area contributed by atoms with Gasteiger partial charge in [0.05, 0.1) is 16.3 Å². The molecule has 0 spiro atoms. The first-order valence-electron chi connectivity index (χ1n) is 10.2. The highest BCUT2D eigenvalue weighted by Gasteiger charge is 2.23. The first kappa shape index (κ1) is 21.1. The van der Waals surface area contributed by atoms with Crippen molar-refractivity contribution in [1.82, 2.24) is 25.2 Å². The van der Waals surface area contributed by atoms with Crippen LogP contribution in [0.25, 0.3) is 5.69 Å². The fourth-order valence-electron chi connectivity index (χ4n) is 3.93. The summed E-state index contributed by atoms with van der Waals surface area (Å²) >= 11 is 1.77. The van der Waals surface area contributed by atoms with Gasteiger partial charge in [-0.05, 0) is 49.7 Å². The average molecular weight is 441 g/mol. The monoisotopic (exact) mass is 440 g/mol. The largest absolute Gasteiger partial charge is 0.350 e. The van der Waals surface area contributed by atoms with Crippen LogP contribution in [0.4, 0.5) is 5.69 Å². The number of carbonyl (C=O) groups is 1. The topological polar surface area (TPSA) is 106 Å². The summed E-state index contributed by atoms with van der Waals surface area (Å²) in [6, 6.07) is 10.3. The maximum atomic E-state index is 12.7. The molecule has 1 amide bonds. The lowest BCUT2D eigenvalue weighted by atomic mass is 9.98. The predicted octanol–water partition coefficient (Wildman–Crippen LogP) is 3.19. The number of carbonyl (C=O) groups excluding carboxylic acids is 1. The van der Waals surface area contributed by atoms with Crippen LogP contribution in [0.15, 0.2) is 41.8 Å². The minimum atomic E-state index is -0.463. The molecule has 1 aliphatic rings. The van der Waals surface area contributed by atoms with E-state index in [0.717, 1.165) is 32.5 Å². The first-order chi connectivity index (χ1) is 15.0. The van der Waals surface area contributed by atoms with Crippen LogP contribution in [0.3, 0.4) is 0 Å². The normalized spacial score (nSPS) is 16.9. The smallest absolute Gasteiger partial charge is 0.273 e. The molecule has 1 N–H and O–H groups in total. The van der Waals surface area contributed by atoms with Gasteiger partial charge >= 0.3 is 0 Å². The number of thiophene rings is 1. The predicted molar refractivity (Wildman–Crippen MR) is 117 cm³/mol. The van der Waals surface area contributed by atoms with E-state index >= 15 is 0 Å². The highest BCUT2D eigenvalue weighted by Crippen LogP contribution is 2.21. The summed E-state index contributed by atoms with van der Waals surface area (Å²) in [5.41, 5.74) is 1.23. The Morgan fingerprint density at radius 3 is 3.00 bits per heavy atom. The summed E-state index contributed by atoms with van der Waals surface area (Å²) in [6.45, 7) is 5.31. The molecule has 1 saturated heterocycles. The SMILES string of the molecule is Cc1c(C(=O)NCC2CCCN(Cc3cccs3)C2)nnn1-c1cccc([N+](=O)[O-])c1. The second kappa shape index (κ2) is 9.36. The molecule has 1 atom stereocenters. The Morgan fingerprint density at radius 2 is 2.23 bits per heavy atom. The van der Waals surface area contributed by atoms with Crippen molar-refractivity contribution in [3.8, 4) is 5.69 Å². The van der Waals surface area contributed by atoms with E-state index in [-0.39, 0.29) is 17.3 Å². The van der Waals surface area contributed by atoms with E-state index in [1.54, 1.807) is 30.4 Å². The van der Waals surface area contributed by atoms with Gasteiger partial charge in [0.1, 0.15) is 0 Å². The van der Waals surface area contributed by atoms with E-state index in [1.165, 1.54) is 21.7 Å². The van der Waals surface area contributed by atoms with Crippen LogP contribution in [0.5, 0.6) is 0 Å². The fourth-order valence-corrected chi connectivity index (χ4v) is 4.67. The van der Waals surface area contributed by atoms with Crippen molar-refractivity contribution in [2.75, 3.05) is 19.6 Å². The molecule has 4 rings (SSSR count). The van der Waals surface area contributed by atoms with Crippen molar-refractivity contribution in [3.63, 3.8) is 0 Å². The molecule has 162 valence electrons. The number of rotatable bonds is 7.